The zero-order valence-electron chi connectivity index (χ0n) is 16.0. The average molecular weight is 410 g/mol. The van der Waals surface area contributed by atoms with Crippen molar-refractivity contribution in [1.82, 2.24) is 4.90 Å². The number of nitrogens with two attached hydrogens (primary N) is 1. The molecule has 0 radical (unpaired) electrons. The van der Waals surface area contributed by atoms with Gasteiger partial charge in [0.05, 0.1) is 5.82 Å². The Bertz CT molecular complexity index is 666. The lowest BCUT2D eigenvalue weighted by Gasteiger charge is -2.41. The molecule has 1 saturated heterocycles. The van der Waals surface area contributed by atoms with Crippen LogP contribution in [0.25, 0.3) is 0 Å². The van der Waals surface area contributed by atoms with Gasteiger partial charge in [0.25, 0.3) is 0 Å². The molecule has 1 aliphatic rings. The van der Waals surface area contributed by atoms with E-state index in [1.165, 1.54) is 0 Å². The predicted molar refractivity (Wildman–Crippen MR) is 112 cm³/mol. The van der Waals surface area contributed by atoms with Crippen molar-refractivity contribution >= 4 is 30.4 Å². The second-order valence-electron chi connectivity index (χ2n) is 7.41. The van der Waals surface area contributed by atoms with Crippen LogP contribution in [0.4, 0.5) is 5.69 Å². The Balaban J connectivity index is 1.87. The fourth-order valence-electron chi connectivity index (χ4n) is 3.67. The number of aliphatic carboxylic acids is 1. The molecule has 6 N–H and O–H groups in total. The average Bonchev–Trinajstić information content (AvgIpc) is 2.66. The van der Waals surface area contributed by atoms with Crippen LogP contribution in [-0.4, -0.2) is 51.8 Å². The van der Waals surface area contributed by atoms with E-state index in [0.29, 0.717) is 50.2 Å². The van der Waals surface area contributed by atoms with Gasteiger partial charge in [0.1, 0.15) is 5.54 Å². The first kappa shape index (κ1) is 22.6. The predicted octanol–water partition coefficient (Wildman–Crippen LogP) is 2.36. The van der Waals surface area contributed by atoms with Gasteiger partial charge in [-0.15, -0.1) is 0 Å². The van der Waals surface area contributed by atoms with Crippen LogP contribution in [0.1, 0.15) is 32.1 Å². The van der Waals surface area contributed by atoms with Gasteiger partial charge in [0.15, 0.2) is 0 Å². The third-order valence-electron chi connectivity index (χ3n) is 5.44. The first-order valence-electron chi connectivity index (χ1n) is 9.57. The molecule has 1 aromatic carbocycles. The Morgan fingerprint density at radius 1 is 1.29 bits per heavy atom. The molecule has 0 saturated carbocycles. The number of nitrogens with one attached hydrogen (secondary N) is 1. The Morgan fingerprint density at radius 3 is 2.43 bits per heavy atom. The monoisotopic (exact) mass is 409 g/mol. The van der Waals surface area contributed by atoms with E-state index >= 15 is 0 Å². The quantitative estimate of drug-likeness (QED) is 0.297. The summed E-state index contributed by atoms with van der Waals surface area (Å²) >= 11 is 5.90. The van der Waals surface area contributed by atoms with Gasteiger partial charge < -0.3 is 31.1 Å². The van der Waals surface area contributed by atoms with E-state index in [9.17, 15) is 9.90 Å². The molecule has 28 heavy (non-hydrogen) atoms. The van der Waals surface area contributed by atoms with Crippen molar-refractivity contribution in [3.63, 3.8) is 0 Å². The third kappa shape index (κ3) is 6.14. The van der Waals surface area contributed by atoms with Crippen molar-refractivity contribution < 1.29 is 19.9 Å². The van der Waals surface area contributed by atoms with Crippen molar-refractivity contribution in [2.24, 2.45) is 11.7 Å². The van der Waals surface area contributed by atoms with Gasteiger partial charge in [-0.1, -0.05) is 31.0 Å². The number of piperidine rings is 1. The third-order valence-corrected chi connectivity index (χ3v) is 5.69. The van der Waals surface area contributed by atoms with Gasteiger partial charge in [-0.3, -0.25) is 4.79 Å². The SMILES string of the molecule is C=C(Nc1ccc(Cl)cc1)N1CCC(C(N)(CCCCB(O)O)C(=O)O)CC1. The van der Waals surface area contributed by atoms with Crippen LogP contribution in [0.2, 0.25) is 11.3 Å². The normalized spacial score (nSPS) is 17.1. The lowest BCUT2D eigenvalue weighted by Crippen LogP contribution is -2.57. The van der Waals surface area contributed by atoms with E-state index in [-0.39, 0.29) is 12.2 Å². The molecule has 1 aliphatic heterocycles. The van der Waals surface area contributed by atoms with Crippen molar-refractivity contribution in [3.8, 4) is 0 Å². The molecule has 1 aromatic rings. The number of hydrogen-bond acceptors (Lipinski definition) is 6. The van der Waals surface area contributed by atoms with E-state index in [0.717, 1.165) is 11.5 Å². The van der Waals surface area contributed by atoms with E-state index in [1.807, 2.05) is 12.1 Å². The Kier molecular flexibility index (Phi) is 8.18. The van der Waals surface area contributed by atoms with Crippen LogP contribution in [0, 0.1) is 5.92 Å². The Morgan fingerprint density at radius 2 is 1.89 bits per heavy atom. The zero-order valence-corrected chi connectivity index (χ0v) is 16.7. The summed E-state index contributed by atoms with van der Waals surface area (Å²) in [5, 5.41) is 31.5. The summed E-state index contributed by atoms with van der Waals surface area (Å²) in [7, 11) is -1.36. The molecule has 0 amide bonds. The van der Waals surface area contributed by atoms with E-state index in [1.54, 1.807) is 12.1 Å². The molecule has 9 heteroatoms. The minimum Gasteiger partial charge on any atom is -0.480 e. The van der Waals surface area contributed by atoms with Crippen molar-refractivity contribution in [2.75, 3.05) is 18.4 Å². The lowest BCUT2D eigenvalue weighted by atomic mass is 9.74. The van der Waals surface area contributed by atoms with Crippen LogP contribution in [-0.2, 0) is 4.79 Å². The fraction of sp³-hybridized carbons (Fsp3) is 0.526. The summed E-state index contributed by atoms with van der Waals surface area (Å²) in [5.41, 5.74) is 5.89. The lowest BCUT2D eigenvalue weighted by molar-refractivity contribution is -0.146. The molecule has 0 aliphatic carbocycles. The summed E-state index contributed by atoms with van der Waals surface area (Å²) in [4.78, 5) is 13.9. The molecule has 2 rings (SSSR count). The molecule has 0 aromatic heterocycles. The molecular formula is C19H29BClN3O4. The van der Waals surface area contributed by atoms with Crippen LogP contribution >= 0.6 is 11.6 Å². The van der Waals surface area contributed by atoms with Crippen molar-refractivity contribution in [3.05, 3.63) is 41.7 Å². The second kappa shape index (κ2) is 10.2. The number of carbonyl (C=O) groups is 1. The molecule has 1 fully saturated rings. The standard InChI is InChI=1S/C19H29BClN3O4/c1-14(23-17-6-4-16(21)5-7-17)24-12-8-15(9-13-24)19(22,18(25)26)10-2-3-11-20(27)28/h4-7,15,23,27-28H,1-3,8-13,22H2,(H,25,26). The summed E-state index contributed by atoms with van der Waals surface area (Å²) in [6, 6.07) is 7.35. The van der Waals surface area contributed by atoms with Gasteiger partial charge in [0, 0.05) is 23.8 Å². The molecule has 0 bridgehead atoms. The largest absolute Gasteiger partial charge is 0.480 e. The number of rotatable bonds is 10. The number of carboxylic acid groups (broad SMARTS) is 1. The fourth-order valence-corrected chi connectivity index (χ4v) is 3.80. The number of halogens is 1. The summed E-state index contributed by atoms with van der Waals surface area (Å²) in [6.07, 6.45) is 2.95. The smallest absolute Gasteiger partial charge is 0.451 e. The van der Waals surface area contributed by atoms with Gasteiger partial charge in [-0.25, -0.2) is 0 Å². The second-order valence-corrected chi connectivity index (χ2v) is 7.85. The number of unbranched alkanes of at least 4 members (excludes halogenated alkanes) is 1. The van der Waals surface area contributed by atoms with E-state index in [2.05, 4.69) is 16.8 Å². The van der Waals surface area contributed by atoms with Gasteiger partial charge in [0.2, 0.25) is 0 Å². The number of likely N-dealkylation sites (tertiary alicyclic amines) is 1. The van der Waals surface area contributed by atoms with E-state index < -0.39 is 18.6 Å². The topological polar surface area (TPSA) is 119 Å². The first-order chi connectivity index (χ1) is 13.2. The van der Waals surface area contributed by atoms with Gasteiger partial charge >= 0.3 is 13.1 Å². The maximum absolute atomic E-state index is 11.9. The van der Waals surface area contributed by atoms with Gasteiger partial charge in [-0.2, -0.15) is 0 Å². The first-order valence-corrected chi connectivity index (χ1v) is 9.95. The van der Waals surface area contributed by atoms with Crippen molar-refractivity contribution in [1.29, 1.82) is 0 Å². The number of carboxylic acids is 1. The minimum atomic E-state index is -1.36. The zero-order chi connectivity index (χ0) is 20.7. The number of hydrogen-bond donors (Lipinski definition) is 5. The molecule has 1 unspecified atom stereocenters. The maximum Gasteiger partial charge on any atom is 0.451 e. The molecule has 1 atom stereocenters. The Hall–Kier alpha value is -1.74. The van der Waals surface area contributed by atoms with Crippen LogP contribution in [0.3, 0.4) is 0 Å². The van der Waals surface area contributed by atoms with Crippen LogP contribution in [0.15, 0.2) is 36.7 Å². The van der Waals surface area contributed by atoms with Gasteiger partial charge in [-0.05, 0) is 55.8 Å². The highest BCUT2D eigenvalue weighted by atomic mass is 35.5. The highest BCUT2D eigenvalue weighted by Gasteiger charge is 2.43. The van der Waals surface area contributed by atoms with Crippen LogP contribution in [0.5, 0.6) is 0 Å². The summed E-state index contributed by atoms with van der Waals surface area (Å²) in [6.45, 7) is 5.43. The highest BCUT2D eigenvalue weighted by molar-refractivity contribution is 6.40. The number of benzene rings is 1. The molecule has 1 heterocycles. The van der Waals surface area contributed by atoms with E-state index in [4.69, 9.17) is 27.4 Å². The minimum absolute atomic E-state index is 0.136. The number of anilines is 1. The summed E-state index contributed by atoms with van der Waals surface area (Å²) < 4.78 is 0. The highest BCUT2D eigenvalue weighted by Crippen LogP contribution is 2.32. The van der Waals surface area contributed by atoms with Crippen molar-refractivity contribution in [2.45, 2.75) is 44.0 Å². The maximum atomic E-state index is 11.9. The molecule has 7 nitrogen and oxygen atoms in total. The molecular weight excluding hydrogens is 380 g/mol. The van der Waals surface area contributed by atoms with Crippen LogP contribution < -0.4 is 11.1 Å². The molecule has 154 valence electrons. The Labute approximate surface area is 171 Å². The number of nitrogens with zero attached hydrogens (tertiary/aromatic N) is 1. The summed E-state index contributed by atoms with van der Waals surface area (Å²) in [5.74, 6) is -0.368. The molecule has 0 spiro atoms.